The van der Waals surface area contributed by atoms with Gasteiger partial charge in [-0.1, -0.05) is 30.3 Å². The summed E-state index contributed by atoms with van der Waals surface area (Å²) in [4.78, 5) is 53.2. The molecule has 1 fully saturated rings. The Bertz CT molecular complexity index is 745. The zero-order valence-electron chi connectivity index (χ0n) is 17.9. The first-order valence-corrected chi connectivity index (χ1v) is 10.2. The molecule has 0 atom stereocenters. The number of urea groups is 1. The molecular weight excluding hydrogens is 386 g/mol. The zero-order chi connectivity index (χ0) is 22.1. The van der Waals surface area contributed by atoms with Gasteiger partial charge in [0.2, 0.25) is 5.91 Å². The maximum Gasteiger partial charge on any atom is 0.317 e. The van der Waals surface area contributed by atoms with Crippen molar-refractivity contribution in [1.82, 2.24) is 25.3 Å². The molecular formula is C21H31N5O4. The molecule has 0 radical (unpaired) electrons. The molecule has 1 saturated heterocycles. The molecule has 1 aromatic rings. The smallest absolute Gasteiger partial charge is 0.317 e. The summed E-state index contributed by atoms with van der Waals surface area (Å²) in [5.41, 5.74) is 1.03. The average molecular weight is 418 g/mol. The van der Waals surface area contributed by atoms with Gasteiger partial charge in [0.1, 0.15) is 0 Å². The summed E-state index contributed by atoms with van der Waals surface area (Å²) in [6.45, 7) is 5.71. The molecule has 9 nitrogen and oxygen atoms in total. The van der Waals surface area contributed by atoms with Crippen LogP contribution in [0.25, 0.3) is 0 Å². The van der Waals surface area contributed by atoms with Crippen molar-refractivity contribution >= 4 is 23.8 Å². The fourth-order valence-corrected chi connectivity index (χ4v) is 3.12. The number of nitrogens with zero attached hydrogens (tertiary/aromatic N) is 3. The van der Waals surface area contributed by atoms with Crippen LogP contribution >= 0.6 is 0 Å². The molecule has 0 aliphatic carbocycles. The van der Waals surface area contributed by atoms with Gasteiger partial charge in [-0.3, -0.25) is 14.4 Å². The molecule has 5 amide bonds. The van der Waals surface area contributed by atoms with E-state index in [-0.39, 0.29) is 30.9 Å². The van der Waals surface area contributed by atoms with Crippen LogP contribution in [0.15, 0.2) is 30.3 Å². The van der Waals surface area contributed by atoms with E-state index in [9.17, 15) is 19.2 Å². The van der Waals surface area contributed by atoms with E-state index in [1.54, 1.807) is 30.7 Å². The van der Waals surface area contributed by atoms with Crippen LogP contribution in [-0.4, -0.2) is 84.3 Å². The summed E-state index contributed by atoms with van der Waals surface area (Å²) in [6, 6.07) is 9.32. The number of rotatable bonds is 6. The lowest BCUT2D eigenvalue weighted by Crippen LogP contribution is -2.54. The van der Waals surface area contributed by atoms with Crippen LogP contribution < -0.4 is 10.6 Å². The number of hydrogen-bond acceptors (Lipinski definition) is 4. The molecule has 2 N–H and O–H groups in total. The fourth-order valence-electron chi connectivity index (χ4n) is 3.12. The Hall–Kier alpha value is -3.10. The highest BCUT2D eigenvalue weighted by molar-refractivity contribution is 6.35. The first-order chi connectivity index (χ1) is 14.3. The predicted molar refractivity (Wildman–Crippen MR) is 112 cm³/mol. The number of benzene rings is 1. The lowest BCUT2D eigenvalue weighted by atomic mass is 10.2. The molecule has 1 aromatic carbocycles. The molecule has 0 aromatic heterocycles. The second-order valence-electron chi connectivity index (χ2n) is 7.62. The summed E-state index contributed by atoms with van der Waals surface area (Å²) in [6.07, 6.45) is 0.187. The highest BCUT2D eigenvalue weighted by atomic mass is 16.2. The Morgan fingerprint density at radius 1 is 1.00 bits per heavy atom. The van der Waals surface area contributed by atoms with Crippen molar-refractivity contribution in [2.45, 2.75) is 32.9 Å². The van der Waals surface area contributed by atoms with Crippen molar-refractivity contribution in [3.8, 4) is 0 Å². The molecule has 1 aliphatic rings. The van der Waals surface area contributed by atoms with Crippen molar-refractivity contribution in [3.05, 3.63) is 35.9 Å². The molecule has 30 heavy (non-hydrogen) atoms. The minimum absolute atomic E-state index is 0.0836. The van der Waals surface area contributed by atoms with Crippen LogP contribution in [-0.2, 0) is 20.9 Å². The molecule has 1 heterocycles. The van der Waals surface area contributed by atoms with E-state index in [0.717, 1.165) is 5.56 Å². The van der Waals surface area contributed by atoms with E-state index < -0.39 is 11.8 Å². The minimum Gasteiger partial charge on any atom is -0.346 e. The van der Waals surface area contributed by atoms with Gasteiger partial charge in [-0.2, -0.15) is 0 Å². The minimum atomic E-state index is -0.618. The second-order valence-corrected chi connectivity index (χ2v) is 7.62. The van der Waals surface area contributed by atoms with Gasteiger partial charge >= 0.3 is 17.8 Å². The number of nitrogens with one attached hydrogen (secondary N) is 2. The molecule has 1 aliphatic heterocycles. The third kappa shape index (κ3) is 7.06. The normalized spacial score (nSPS) is 13.7. The molecule has 9 heteroatoms. The molecule has 0 bridgehead atoms. The Balaban J connectivity index is 1.68. The Morgan fingerprint density at radius 2 is 1.60 bits per heavy atom. The van der Waals surface area contributed by atoms with Gasteiger partial charge in [-0.05, 0) is 19.4 Å². The number of carbonyl (C=O) groups excluding carboxylic acids is 4. The van der Waals surface area contributed by atoms with Crippen LogP contribution in [0.2, 0.25) is 0 Å². The third-order valence-electron chi connectivity index (χ3n) is 4.76. The molecule has 2 rings (SSSR count). The van der Waals surface area contributed by atoms with Gasteiger partial charge in [-0.15, -0.1) is 0 Å². The largest absolute Gasteiger partial charge is 0.346 e. The van der Waals surface area contributed by atoms with E-state index in [0.29, 0.717) is 32.7 Å². The fraction of sp³-hybridized carbons (Fsp3) is 0.524. The lowest BCUT2D eigenvalue weighted by Gasteiger charge is -2.34. The first-order valence-electron chi connectivity index (χ1n) is 10.2. The van der Waals surface area contributed by atoms with Gasteiger partial charge in [0.15, 0.2) is 0 Å². The standard InChI is InChI=1S/C21H31N5O4/c1-16(2)23-19(28)20(29)26-13-11-25(12-14-26)18(27)9-10-22-21(30)24(3)15-17-7-5-4-6-8-17/h4-8,16H,9-15H2,1-3H3,(H,22,30)(H,23,28). The van der Waals surface area contributed by atoms with Crippen LogP contribution in [0.5, 0.6) is 0 Å². The van der Waals surface area contributed by atoms with Gasteiger partial charge < -0.3 is 25.3 Å². The molecule has 0 saturated carbocycles. The van der Waals surface area contributed by atoms with E-state index in [4.69, 9.17) is 0 Å². The number of piperazine rings is 1. The number of carbonyl (C=O) groups is 4. The summed E-state index contributed by atoms with van der Waals surface area (Å²) in [5, 5.41) is 5.34. The monoisotopic (exact) mass is 417 g/mol. The SMILES string of the molecule is CC(C)NC(=O)C(=O)N1CCN(C(=O)CCNC(=O)N(C)Cc2ccccc2)CC1. The Kier molecular flexibility index (Phi) is 8.64. The Labute approximate surface area is 177 Å². The van der Waals surface area contributed by atoms with Crippen molar-refractivity contribution in [1.29, 1.82) is 0 Å². The van der Waals surface area contributed by atoms with E-state index >= 15 is 0 Å². The quantitative estimate of drug-likeness (QED) is 0.655. The zero-order valence-corrected chi connectivity index (χ0v) is 17.9. The molecule has 0 spiro atoms. The maximum atomic E-state index is 12.4. The van der Waals surface area contributed by atoms with E-state index in [2.05, 4.69) is 10.6 Å². The summed E-state index contributed by atoms with van der Waals surface area (Å²) in [7, 11) is 1.70. The van der Waals surface area contributed by atoms with Gasteiger partial charge in [0.25, 0.3) is 0 Å². The second kappa shape index (κ2) is 11.2. The van der Waals surface area contributed by atoms with Gasteiger partial charge in [-0.25, -0.2) is 4.79 Å². The Morgan fingerprint density at radius 3 is 2.20 bits per heavy atom. The molecule has 164 valence electrons. The van der Waals surface area contributed by atoms with Crippen LogP contribution in [0, 0.1) is 0 Å². The number of amides is 5. The highest BCUT2D eigenvalue weighted by Crippen LogP contribution is 2.05. The predicted octanol–water partition coefficient (Wildman–Crippen LogP) is 0.414. The summed E-state index contributed by atoms with van der Waals surface area (Å²) < 4.78 is 0. The lowest BCUT2D eigenvalue weighted by molar-refractivity contribution is -0.148. The summed E-state index contributed by atoms with van der Waals surface area (Å²) in [5.74, 6) is -1.27. The van der Waals surface area contributed by atoms with Crippen LogP contribution in [0.4, 0.5) is 4.79 Å². The van der Waals surface area contributed by atoms with Crippen LogP contribution in [0.3, 0.4) is 0 Å². The summed E-state index contributed by atoms with van der Waals surface area (Å²) >= 11 is 0. The van der Waals surface area contributed by atoms with Crippen molar-refractivity contribution < 1.29 is 19.2 Å². The van der Waals surface area contributed by atoms with Gasteiger partial charge in [0.05, 0.1) is 0 Å². The maximum absolute atomic E-state index is 12.4. The van der Waals surface area contributed by atoms with E-state index in [1.807, 2.05) is 30.3 Å². The van der Waals surface area contributed by atoms with Crippen LogP contribution in [0.1, 0.15) is 25.8 Å². The third-order valence-corrected chi connectivity index (χ3v) is 4.76. The van der Waals surface area contributed by atoms with Crippen molar-refractivity contribution in [2.75, 3.05) is 39.8 Å². The van der Waals surface area contributed by atoms with Gasteiger partial charge in [0, 0.05) is 58.8 Å². The highest BCUT2D eigenvalue weighted by Gasteiger charge is 2.27. The average Bonchev–Trinajstić information content (AvgIpc) is 2.73. The molecule has 0 unspecified atom stereocenters. The van der Waals surface area contributed by atoms with Crippen molar-refractivity contribution in [2.24, 2.45) is 0 Å². The van der Waals surface area contributed by atoms with E-state index in [1.165, 1.54) is 4.90 Å². The number of hydrogen-bond donors (Lipinski definition) is 2. The first kappa shape index (κ1) is 23.2. The van der Waals surface area contributed by atoms with Crippen molar-refractivity contribution in [3.63, 3.8) is 0 Å². The topological polar surface area (TPSA) is 102 Å².